The molecule has 1 aromatic heterocycles. The molecule has 0 spiro atoms. The van der Waals surface area contributed by atoms with Crippen LogP contribution in [-0.2, 0) is 11.3 Å². The van der Waals surface area contributed by atoms with Crippen molar-refractivity contribution in [2.75, 3.05) is 13.1 Å². The third-order valence-corrected chi connectivity index (χ3v) is 2.69. The fourth-order valence-corrected chi connectivity index (χ4v) is 1.83. The van der Waals surface area contributed by atoms with Crippen LogP contribution in [-0.4, -0.2) is 28.4 Å². The van der Waals surface area contributed by atoms with Crippen LogP contribution in [0.1, 0.15) is 12.8 Å². The third-order valence-electron chi connectivity index (χ3n) is 2.69. The van der Waals surface area contributed by atoms with E-state index in [9.17, 15) is 4.79 Å². The molecule has 0 aliphatic carbocycles. The molecule has 1 aliphatic heterocycles. The lowest BCUT2D eigenvalue weighted by Crippen LogP contribution is -2.33. The van der Waals surface area contributed by atoms with Crippen LogP contribution in [0.5, 0.6) is 0 Å². The van der Waals surface area contributed by atoms with Gasteiger partial charge >= 0.3 is 0 Å². The molecule has 1 fully saturated rings. The number of hydrogen-bond acceptors (Lipinski definition) is 3. The second-order valence-corrected chi connectivity index (χ2v) is 3.73. The van der Waals surface area contributed by atoms with Crippen LogP contribution in [0.15, 0.2) is 18.7 Å². The average molecular weight is 193 g/mol. The molecule has 0 aromatic carbocycles. The van der Waals surface area contributed by atoms with Gasteiger partial charge < -0.3 is 9.88 Å². The first-order valence-corrected chi connectivity index (χ1v) is 5.05. The standard InChI is InChI=1S/C10H15N3O/c14-10(7-13-6-5-12-8-13)9-1-3-11-4-2-9/h5-6,8-9,11H,1-4,7H2. The van der Waals surface area contributed by atoms with Gasteiger partial charge in [0.25, 0.3) is 0 Å². The van der Waals surface area contributed by atoms with Crippen LogP contribution in [0.4, 0.5) is 0 Å². The monoisotopic (exact) mass is 193 g/mol. The normalized spacial score (nSPS) is 18.3. The Morgan fingerprint density at radius 1 is 1.50 bits per heavy atom. The Balaban J connectivity index is 1.88. The van der Waals surface area contributed by atoms with Crippen molar-refractivity contribution in [3.05, 3.63) is 18.7 Å². The van der Waals surface area contributed by atoms with Crippen molar-refractivity contribution in [1.29, 1.82) is 0 Å². The number of ketones is 1. The van der Waals surface area contributed by atoms with Crippen LogP contribution < -0.4 is 5.32 Å². The average Bonchev–Trinajstić information content (AvgIpc) is 2.72. The molecule has 1 aromatic rings. The molecule has 14 heavy (non-hydrogen) atoms. The predicted octanol–water partition coefficient (Wildman–Crippen LogP) is 0.452. The highest BCUT2D eigenvalue weighted by Crippen LogP contribution is 2.13. The summed E-state index contributed by atoms with van der Waals surface area (Å²) in [6, 6.07) is 0. The molecule has 0 radical (unpaired) electrons. The summed E-state index contributed by atoms with van der Waals surface area (Å²) in [5.74, 6) is 0.586. The number of imidazole rings is 1. The number of hydrogen-bond donors (Lipinski definition) is 1. The molecule has 76 valence electrons. The molecule has 2 heterocycles. The summed E-state index contributed by atoms with van der Waals surface area (Å²) >= 11 is 0. The lowest BCUT2D eigenvalue weighted by atomic mass is 9.93. The van der Waals surface area contributed by atoms with Gasteiger partial charge in [-0.3, -0.25) is 4.79 Å². The molecule has 2 rings (SSSR count). The Kier molecular flexibility index (Phi) is 2.93. The maximum absolute atomic E-state index is 11.8. The summed E-state index contributed by atoms with van der Waals surface area (Å²) in [7, 11) is 0. The van der Waals surface area contributed by atoms with Gasteiger partial charge in [0.1, 0.15) is 0 Å². The highest BCUT2D eigenvalue weighted by Gasteiger charge is 2.20. The van der Waals surface area contributed by atoms with E-state index in [0.29, 0.717) is 12.3 Å². The first-order valence-electron chi connectivity index (χ1n) is 5.05. The largest absolute Gasteiger partial charge is 0.330 e. The number of Topliss-reactive ketones (excluding diaryl/α,β-unsaturated/α-hetero) is 1. The maximum Gasteiger partial charge on any atom is 0.155 e. The lowest BCUT2D eigenvalue weighted by molar-refractivity contribution is -0.124. The molecule has 0 amide bonds. The Morgan fingerprint density at radius 3 is 2.93 bits per heavy atom. The van der Waals surface area contributed by atoms with Crippen LogP contribution in [0.3, 0.4) is 0 Å². The van der Waals surface area contributed by atoms with Crippen molar-refractivity contribution in [3.8, 4) is 0 Å². The molecule has 0 unspecified atom stereocenters. The number of nitrogens with one attached hydrogen (secondary N) is 1. The quantitative estimate of drug-likeness (QED) is 0.758. The van der Waals surface area contributed by atoms with E-state index in [0.717, 1.165) is 25.9 Å². The Morgan fingerprint density at radius 2 is 2.29 bits per heavy atom. The number of nitrogens with zero attached hydrogens (tertiary/aromatic N) is 2. The SMILES string of the molecule is O=C(Cn1ccnc1)C1CCNCC1. The minimum atomic E-state index is 0.249. The molecular weight excluding hydrogens is 178 g/mol. The smallest absolute Gasteiger partial charge is 0.155 e. The zero-order chi connectivity index (χ0) is 9.80. The van der Waals surface area contributed by atoms with E-state index in [4.69, 9.17) is 0 Å². The van der Waals surface area contributed by atoms with Gasteiger partial charge in [-0.25, -0.2) is 4.98 Å². The van der Waals surface area contributed by atoms with E-state index < -0.39 is 0 Å². The van der Waals surface area contributed by atoms with E-state index in [1.807, 2.05) is 10.8 Å². The van der Waals surface area contributed by atoms with Gasteiger partial charge in [-0.1, -0.05) is 0 Å². The molecule has 1 N–H and O–H groups in total. The van der Waals surface area contributed by atoms with Crippen molar-refractivity contribution in [2.45, 2.75) is 19.4 Å². The topological polar surface area (TPSA) is 46.9 Å². The summed E-state index contributed by atoms with van der Waals surface area (Å²) in [5.41, 5.74) is 0. The third kappa shape index (κ3) is 2.20. The Labute approximate surface area is 83.3 Å². The van der Waals surface area contributed by atoms with Crippen LogP contribution >= 0.6 is 0 Å². The molecule has 0 atom stereocenters. The summed E-state index contributed by atoms with van der Waals surface area (Å²) in [5, 5.41) is 3.26. The lowest BCUT2D eigenvalue weighted by Gasteiger charge is -2.21. The minimum Gasteiger partial charge on any atom is -0.330 e. The van der Waals surface area contributed by atoms with Crippen LogP contribution in [0.25, 0.3) is 0 Å². The molecule has 1 saturated heterocycles. The second kappa shape index (κ2) is 4.37. The van der Waals surface area contributed by atoms with Crippen molar-refractivity contribution in [3.63, 3.8) is 0 Å². The molecule has 0 bridgehead atoms. The first kappa shape index (κ1) is 9.40. The summed E-state index contributed by atoms with van der Waals surface area (Å²) in [4.78, 5) is 15.7. The fourth-order valence-electron chi connectivity index (χ4n) is 1.83. The van der Waals surface area contributed by atoms with Gasteiger partial charge in [0.05, 0.1) is 12.9 Å². The van der Waals surface area contributed by atoms with Gasteiger partial charge in [0.2, 0.25) is 0 Å². The number of rotatable bonds is 3. The zero-order valence-electron chi connectivity index (χ0n) is 8.15. The summed E-state index contributed by atoms with van der Waals surface area (Å²) < 4.78 is 1.84. The number of piperidine rings is 1. The highest BCUT2D eigenvalue weighted by atomic mass is 16.1. The van der Waals surface area contributed by atoms with Crippen molar-refractivity contribution in [1.82, 2.24) is 14.9 Å². The minimum absolute atomic E-state index is 0.249. The number of aromatic nitrogens is 2. The molecule has 4 nitrogen and oxygen atoms in total. The maximum atomic E-state index is 11.8. The van der Waals surface area contributed by atoms with Crippen LogP contribution in [0.2, 0.25) is 0 Å². The molecule has 0 saturated carbocycles. The fraction of sp³-hybridized carbons (Fsp3) is 0.600. The van der Waals surface area contributed by atoms with E-state index in [2.05, 4.69) is 10.3 Å². The first-order chi connectivity index (χ1) is 6.86. The van der Waals surface area contributed by atoms with Crippen molar-refractivity contribution in [2.24, 2.45) is 5.92 Å². The highest BCUT2D eigenvalue weighted by molar-refractivity contribution is 5.80. The molecular formula is C10H15N3O. The van der Waals surface area contributed by atoms with E-state index >= 15 is 0 Å². The predicted molar refractivity (Wildman–Crippen MR) is 52.8 cm³/mol. The van der Waals surface area contributed by atoms with Gasteiger partial charge in [-0.05, 0) is 25.9 Å². The Bertz CT molecular complexity index is 288. The Hall–Kier alpha value is -1.16. The zero-order valence-corrected chi connectivity index (χ0v) is 8.15. The van der Waals surface area contributed by atoms with Gasteiger partial charge in [-0.2, -0.15) is 0 Å². The van der Waals surface area contributed by atoms with E-state index in [1.54, 1.807) is 12.5 Å². The summed E-state index contributed by atoms with van der Waals surface area (Å²) in [6.07, 6.45) is 7.19. The molecule has 1 aliphatic rings. The molecule has 4 heteroatoms. The van der Waals surface area contributed by atoms with Gasteiger partial charge in [-0.15, -0.1) is 0 Å². The second-order valence-electron chi connectivity index (χ2n) is 3.73. The number of carbonyl (C=O) groups is 1. The van der Waals surface area contributed by atoms with E-state index in [-0.39, 0.29) is 5.92 Å². The van der Waals surface area contributed by atoms with Crippen molar-refractivity contribution < 1.29 is 4.79 Å². The van der Waals surface area contributed by atoms with Crippen molar-refractivity contribution >= 4 is 5.78 Å². The number of carbonyl (C=O) groups excluding carboxylic acids is 1. The van der Waals surface area contributed by atoms with Gasteiger partial charge in [0, 0.05) is 18.3 Å². The van der Waals surface area contributed by atoms with Gasteiger partial charge in [0.15, 0.2) is 5.78 Å². The van der Waals surface area contributed by atoms with E-state index in [1.165, 1.54) is 0 Å². The van der Waals surface area contributed by atoms with Crippen LogP contribution in [0, 0.1) is 5.92 Å². The summed E-state index contributed by atoms with van der Waals surface area (Å²) in [6.45, 7) is 2.42.